The van der Waals surface area contributed by atoms with Crippen LogP contribution in [0.25, 0.3) is 6.08 Å². The predicted octanol–water partition coefficient (Wildman–Crippen LogP) is 5.50. The van der Waals surface area contributed by atoms with E-state index in [2.05, 4.69) is 24.1 Å². The van der Waals surface area contributed by atoms with E-state index in [0.717, 1.165) is 22.6 Å². The normalized spacial score (nSPS) is 11.1. The molecule has 1 aromatic heterocycles. The lowest BCUT2D eigenvalue weighted by atomic mass is 10.2. The van der Waals surface area contributed by atoms with Crippen LogP contribution in [0.5, 0.6) is 5.75 Å². The van der Waals surface area contributed by atoms with E-state index in [1.165, 1.54) is 17.4 Å². The van der Waals surface area contributed by atoms with E-state index in [4.69, 9.17) is 4.74 Å². The molecule has 0 unspecified atom stereocenters. The number of hydrogen-bond donors (Lipinski definition) is 1. The van der Waals surface area contributed by atoms with E-state index < -0.39 is 0 Å². The van der Waals surface area contributed by atoms with Gasteiger partial charge in [-0.05, 0) is 35.3 Å². The highest BCUT2D eigenvalue weighted by Gasteiger charge is 2.07. The van der Waals surface area contributed by atoms with E-state index in [9.17, 15) is 4.79 Å². The fraction of sp³-hybridized carbons (Fsp3) is 0.182. The first-order chi connectivity index (χ1) is 13.1. The van der Waals surface area contributed by atoms with Gasteiger partial charge in [0.15, 0.2) is 5.13 Å². The largest absolute Gasteiger partial charge is 0.489 e. The third kappa shape index (κ3) is 5.79. The van der Waals surface area contributed by atoms with E-state index >= 15 is 0 Å². The summed E-state index contributed by atoms with van der Waals surface area (Å²) in [6, 6.07) is 17.7. The van der Waals surface area contributed by atoms with Crippen molar-refractivity contribution in [2.75, 3.05) is 5.32 Å². The quantitative estimate of drug-likeness (QED) is 0.553. The van der Waals surface area contributed by atoms with Crippen LogP contribution in [0.3, 0.4) is 0 Å². The highest BCUT2D eigenvalue weighted by atomic mass is 32.1. The minimum absolute atomic E-state index is 0.199. The molecule has 0 radical (unpaired) electrons. The molecule has 3 rings (SSSR count). The predicted molar refractivity (Wildman–Crippen MR) is 111 cm³/mol. The molecule has 1 N–H and O–H groups in total. The summed E-state index contributed by atoms with van der Waals surface area (Å²) in [5.74, 6) is 0.916. The monoisotopic (exact) mass is 378 g/mol. The van der Waals surface area contributed by atoms with Crippen molar-refractivity contribution in [2.45, 2.75) is 26.4 Å². The van der Waals surface area contributed by atoms with Gasteiger partial charge in [0.05, 0.1) is 5.69 Å². The Kier molecular flexibility index (Phi) is 6.39. The summed E-state index contributed by atoms with van der Waals surface area (Å²) in [6.07, 6.45) is 3.27. The fourth-order valence-electron chi connectivity index (χ4n) is 2.38. The summed E-state index contributed by atoms with van der Waals surface area (Å²) in [4.78, 5) is 16.5. The number of hydrogen-bond acceptors (Lipinski definition) is 4. The molecule has 1 heterocycles. The van der Waals surface area contributed by atoms with Gasteiger partial charge in [-0.1, -0.05) is 56.3 Å². The summed E-state index contributed by atoms with van der Waals surface area (Å²) in [6.45, 7) is 4.66. The van der Waals surface area contributed by atoms with Gasteiger partial charge >= 0.3 is 0 Å². The minimum atomic E-state index is -0.199. The van der Waals surface area contributed by atoms with Gasteiger partial charge in [0.2, 0.25) is 5.91 Å². The van der Waals surface area contributed by atoms with Gasteiger partial charge in [0, 0.05) is 11.5 Å². The molecule has 0 aliphatic heterocycles. The fourth-order valence-corrected chi connectivity index (χ4v) is 3.25. The zero-order valence-electron chi connectivity index (χ0n) is 15.4. The zero-order valence-corrected chi connectivity index (χ0v) is 16.2. The number of rotatable bonds is 7. The lowest BCUT2D eigenvalue weighted by Gasteiger charge is -2.06. The van der Waals surface area contributed by atoms with Crippen molar-refractivity contribution in [3.8, 4) is 5.75 Å². The number of anilines is 1. The van der Waals surface area contributed by atoms with Gasteiger partial charge < -0.3 is 4.74 Å². The minimum Gasteiger partial charge on any atom is -0.489 e. The molecule has 0 bridgehead atoms. The lowest BCUT2D eigenvalue weighted by molar-refractivity contribution is -0.111. The number of carbonyl (C=O) groups excluding carboxylic acids is 1. The molecular weight excluding hydrogens is 356 g/mol. The number of thiazole rings is 1. The number of benzene rings is 2. The van der Waals surface area contributed by atoms with Crippen molar-refractivity contribution in [2.24, 2.45) is 0 Å². The van der Waals surface area contributed by atoms with Crippen LogP contribution >= 0.6 is 11.3 Å². The molecule has 0 aliphatic carbocycles. The number of nitrogens with zero attached hydrogens (tertiary/aromatic N) is 1. The van der Waals surface area contributed by atoms with Gasteiger partial charge in [-0.25, -0.2) is 4.98 Å². The van der Waals surface area contributed by atoms with Crippen LogP contribution in [0.1, 0.15) is 36.6 Å². The Morgan fingerprint density at radius 2 is 2.00 bits per heavy atom. The first-order valence-corrected chi connectivity index (χ1v) is 9.69. The molecule has 4 nitrogen and oxygen atoms in total. The first kappa shape index (κ1) is 18.9. The summed E-state index contributed by atoms with van der Waals surface area (Å²) in [7, 11) is 0. The summed E-state index contributed by atoms with van der Waals surface area (Å²) < 4.78 is 5.82. The van der Waals surface area contributed by atoms with Crippen molar-refractivity contribution >= 4 is 28.5 Å². The highest BCUT2D eigenvalue weighted by molar-refractivity contribution is 7.14. The molecule has 2 aromatic carbocycles. The average molecular weight is 378 g/mol. The number of aromatic nitrogens is 1. The molecule has 0 aliphatic rings. The smallest absolute Gasteiger partial charge is 0.250 e. The van der Waals surface area contributed by atoms with Crippen LogP contribution in [0.15, 0.2) is 66.1 Å². The van der Waals surface area contributed by atoms with Crippen LogP contribution < -0.4 is 10.1 Å². The third-order valence-corrected chi connectivity index (χ3v) is 4.65. The molecule has 1 amide bonds. The highest BCUT2D eigenvalue weighted by Crippen LogP contribution is 2.21. The van der Waals surface area contributed by atoms with E-state index in [1.54, 1.807) is 6.08 Å². The Morgan fingerprint density at radius 3 is 2.74 bits per heavy atom. The number of amides is 1. The molecule has 0 saturated carbocycles. The second-order valence-electron chi connectivity index (χ2n) is 6.40. The molecule has 0 fully saturated rings. The molecule has 3 aromatic rings. The summed E-state index contributed by atoms with van der Waals surface area (Å²) in [5.41, 5.74) is 3.00. The van der Waals surface area contributed by atoms with Crippen molar-refractivity contribution in [1.82, 2.24) is 4.98 Å². The van der Waals surface area contributed by atoms with Crippen LogP contribution in [-0.2, 0) is 11.4 Å². The van der Waals surface area contributed by atoms with Crippen LogP contribution in [0, 0.1) is 0 Å². The van der Waals surface area contributed by atoms with Crippen molar-refractivity contribution in [1.29, 1.82) is 0 Å². The Bertz CT molecular complexity index is 917. The summed E-state index contributed by atoms with van der Waals surface area (Å²) >= 11 is 1.44. The van der Waals surface area contributed by atoms with Gasteiger partial charge in [-0.15, -0.1) is 11.3 Å². The van der Waals surface area contributed by atoms with E-state index in [-0.39, 0.29) is 5.91 Å². The van der Waals surface area contributed by atoms with E-state index in [0.29, 0.717) is 17.7 Å². The Morgan fingerprint density at radius 1 is 1.19 bits per heavy atom. The number of nitrogens with one attached hydrogen (secondary N) is 1. The molecule has 0 saturated heterocycles. The van der Waals surface area contributed by atoms with Gasteiger partial charge in [-0.2, -0.15) is 0 Å². The molecule has 0 spiro atoms. The second kappa shape index (κ2) is 9.14. The van der Waals surface area contributed by atoms with Crippen molar-refractivity contribution < 1.29 is 9.53 Å². The van der Waals surface area contributed by atoms with E-state index in [1.807, 2.05) is 60.0 Å². The number of carbonyl (C=O) groups is 1. The van der Waals surface area contributed by atoms with Gasteiger partial charge in [0.25, 0.3) is 0 Å². The average Bonchev–Trinajstić information content (AvgIpc) is 3.15. The molecule has 5 heteroatoms. The van der Waals surface area contributed by atoms with Crippen molar-refractivity contribution in [3.63, 3.8) is 0 Å². The standard InChI is InChI=1S/C22H22N2O2S/c1-16(2)20-15-27-22(23-20)24-21(25)12-11-17-9-6-10-19(13-17)26-14-18-7-4-3-5-8-18/h3-13,15-16H,14H2,1-2H3,(H,23,24,25)/b12-11+. The van der Waals surface area contributed by atoms with Gasteiger partial charge in [0.1, 0.15) is 12.4 Å². The first-order valence-electron chi connectivity index (χ1n) is 8.81. The van der Waals surface area contributed by atoms with Crippen LogP contribution in [-0.4, -0.2) is 10.9 Å². The maximum absolute atomic E-state index is 12.1. The second-order valence-corrected chi connectivity index (χ2v) is 7.26. The molecule has 138 valence electrons. The molecular formula is C22H22N2O2S. The maximum atomic E-state index is 12.1. The Balaban J connectivity index is 1.57. The zero-order chi connectivity index (χ0) is 19.1. The number of ether oxygens (including phenoxy) is 1. The Labute approximate surface area is 163 Å². The van der Waals surface area contributed by atoms with Crippen molar-refractivity contribution in [3.05, 3.63) is 82.9 Å². The molecule has 0 atom stereocenters. The topological polar surface area (TPSA) is 51.2 Å². The lowest BCUT2D eigenvalue weighted by Crippen LogP contribution is -2.07. The SMILES string of the molecule is CC(C)c1csc(NC(=O)/C=C/c2cccc(OCc3ccccc3)c2)n1. The van der Waals surface area contributed by atoms with Crippen LogP contribution in [0.2, 0.25) is 0 Å². The Hall–Kier alpha value is -2.92. The molecule has 27 heavy (non-hydrogen) atoms. The summed E-state index contributed by atoms with van der Waals surface area (Å²) in [5, 5.41) is 5.39. The maximum Gasteiger partial charge on any atom is 0.250 e. The van der Waals surface area contributed by atoms with Gasteiger partial charge in [-0.3, -0.25) is 10.1 Å². The van der Waals surface area contributed by atoms with Crippen LogP contribution in [0.4, 0.5) is 5.13 Å². The third-order valence-electron chi connectivity index (χ3n) is 3.88.